The van der Waals surface area contributed by atoms with E-state index in [-0.39, 0.29) is 11.4 Å². The van der Waals surface area contributed by atoms with Gasteiger partial charge in [-0.05, 0) is 23.6 Å². The lowest BCUT2D eigenvalue weighted by atomic mass is 9.92. The van der Waals surface area contributed by atoms with Crippen LogP contribution in [0.15, 0.2) is 72.8 Å². The minimum absolute atomic E-state index is 0.194. The molecule has 0 saturated carbocycles. The standard InChI is InChI=1S/C30H35N5O3/c1-30(2,3)27-21-28(32-29(36)31-26-13-6-9-22-8-4-5-12-25(22)26)35(33-27)23-10-7-11-24(20-23)38-19-16-34-14-17-37-18-15-34/h4-13,20-21H,14-19H2,1-3H3,(H2,31,32,36). The third-order valence-corrected chi connectivity index (χ3v) is 6.60. The average Bonchev–Trinajstić information content (AvgIpc) is 3.34. The highest BCUT2D eigenvalue weighted by atomic mass is 16.5. The number of anilines is 2. The molecule has 0 spiro atoms. The summed E-state index contributed by atoms with van der Waals surface area (Å²) in [5.41, 5.74) is 2.24. The summed E-state index contributed by atoms with van der Waals surface area (Å²) >= 11 is 0. The van der Waals surface area contributed by atoms with Gasteiger partial charge in [-0.1, -0.05) is 63.2 Å². The topological polar surface area (TPSA) is 80.7 Å². The first kappa shape index (κ1) is 25.8. The normalized spacial score (nSPS) is 14.4. The molecule has 2 N–H and O–H groups in total. The third kappa shape index (κ3) is 6.15. The number of hydrogen-bond donors (Lipinski definition) is 2. The molecule has 8 nitrogen and oxygen atoms in total. The van der Waals surface area contributed by atoms with E-state index >= 15 is 0 Å². The van der Waals surface area contributed by atoms with Crippen molar-refractivity contribution in [3.8, 4) is 11.4 Å². The van der Waals surface area contributed by atoms with Crippen LogP contribution in [0.2, 0.25) is 0 Å². The summed E-state index contributed by atoms with van der Waals surface area (Å²) in [4.78, 5) is 15.5. The fraction of sp³-hybridized carbons (Fsp3) is 0.333. The van der Waals surface area contributed by atoms with Gasteiger partial charge in [0, 0.05) is 42.6 Å². The molecule has 1 fully saturated rings. The van der Waals surface area contributed by atoms with Gasteiger partial charge in [0.1, 0.15) is 18.2 Å². The first-order valence-corrected chi connectivity index (χ1v) is 13.1. The van der Waals surface area contributed by atoms with Gasteiger partial charge in [-0.2, -0.15) is 5.10 Å². The zero-order valence-corrected chi connectivity index (χ0v) is 22.2. The van der Waals surface area contributed by atoms with Crippen molar-refractivity contribution >= 4 is 28.3 Å². The van der Waals surface area contributed by atoms with Crippen LogP contribution in [-0.4, -0.2) is 60.2 Å². The van der Waals surface area contributed by atoms with E-state index in [0.29, 0.717) is 12.4 Å². The number of carbonyl (C=O) groups excluding carboxylic acids is 1. The summed E-state index contributed by atoms with van der Waals surface area (Å²) in [5.74, 6) is 1.34. The highest BCUT2D eigenvalue weighted by Crippen LogP contribution is 2.28. The van der Waals surface area contributed by atoms with E-state index in [0.717, 1.165) is 66.4 Å². The van der Waals surface area contributed by atoms with Gasteiger partial charge in [-0.25, -0.2) is 9.48 Å². The first-order valence-electron chi connectivity index (χ1n) is 13.1. The SMILES string of the molecule is CC(C)(C)c1cc(NC(=O)Nc2cccc3ccccc23)n(-c2cccc(OCCN3CCOCC3)c2)n1. The second-order valence-electron chi connectivity index (χ2n) is 10.5. The van der Waals surface area contributed by atoms with Crippen molar-refractivity contribution < 1.29 is 14.3 Å². The van der Waals surface area contributed by atoms with E-state index in [2.05, 4.69) is 36.3 Å². The van der Waals surface area contributed by atoms with Gasteiger partial charge in [-0.15, -0.1) is 0 Å². The molecular weight excluding hydrogens is 478 g/mol. The quantitative estimate of drug-likeness (QED) is 0.332. The predicted molar refractivity (Wildman–Crippen MR) is 152 cm³/mol. The molecule has 198 valence electrons. The molecule has 5 rings (SSSR count). The summed E-state index contributed by atoms with van der Waals surface area (Å²) in [5, 5.41) is 12.9. The van der Waals surface area contributed by atoms with Crippen LogP contribution < -0.4 is 15.4 Å². The van der Waals surface area contributed by atoms with Crippen molar-refractivity contribution in [2.75, 3.05) is 50.1 Å². The number of carbonyl (C=O) groups is 1. The lowest BCUT2D eigenvalue weighted by molar-refractivity contribution is 0.0322. The van der Waals surface area contributed by atoms with E-state index in [4.69, 9.17) is 14.6 Å². The van der Waals surface area contributed by atoms with Gasteiger partial charge in [0.05, 0.1) is 30.3 Å². The number of rotatable bonds is 7. The molecule has 0 aliphatic carbocycles. The molecular formula is C30H35N5O3. The Kier molecular flexibility index (Phi) is 7.62. The first-order chi connectivity index (χ1) is 18.4. The molecule has 1 aromatic heterocycles. The number of nitrogens with one attached hydrogen (secondary N) is 2. The Morgan fingerprint density at radius 2 is 1.74 bits per heavy atom. The molecule has 0 radical (unpaired) electrons. The Morgan fingerprint density at radius 1 is 0.974 bits per heavy atom. The average molecular weight is 514 g/mol. The summed E-state index contributed by atoms with van der Waals surface area (Å²) in [6.45, 7) is 11.2. The van der Waals surface area contributed by atoms with Crippen LogP contribution in [0.4, 0.5) is 16.3 Å². The van der Waals surface area contributed by atoms with E-state index in [1.165, 1.54) is 0 Å². The summed E-state index contributed by atoms with van der Waals surface area (Å²) in [7, 11) is 0. The zero-order chi connectivity index (χ0) is 26.5. The van der Waals surface area contributed by atoms with Crippen LogP contribution in [0.1, 0.15) is 26.5 Å². The Balaban J connectivity index is 1.34. The number of ether oxygens (including phenoxy) is 2. The molecule has 0 unspecified atom stereocenters. The Bertz CT molecular complexity index is 1400. The van der Waals surface area contributed by atoms with Crippen LogP contribution in [0.25, 0.3) is 16.5 Å². The maximum absolute atomic E-state index is 13.1. The maximum Gasteiger partial charge on any atom is 0.324 e. The van der Waals surface area contributed by atoms with E-state index < -0.39 is 0 Å². The number of fused-ring (bicyclic) bond motifs is 1. The number of hydrogen-bond acceptors (Lipinski definition) is 5. The lowest BCUT2D eigenvalue weighted by Crippen LogP contribution is -2.38. The number of benzene rings is 3. The molecule has 1 aliphatic rings. The van der Waals surface area contributed by atoms with Crippen molar-refractivity contribution in [3.63, 3.8) is 0 Å². The number of urea groups is 1. The van der Waals surface area contributed by atoms with Crippen LogP contribution in [-0.2, 0) is 10.2 Å². The molecule has 1 aliphatic heterocycles. The van der Waals surface area contributed by atoms with Gasteiger partial charge in [-0.3, -0.25) is 10.2 Å². The smallest absolute Gasteiger partial charge is 0.324 e. The molecule has 8 heteroatoms. The minimum Gasteiger partial charge on any atom is -0.492 e. The van der Waals surface area contributed by atoms with Crippen molar-refractivity contribution in [2.24, 2.45) is 0 Å². The Hall–Kier alpha value is -3.88. The van der Waals surface area contributed by atoms with E-state index in [1.54, 1.807) is 4.68 Å². The molecule has 2 heterocycles. The number of amides is 2. The van der Waals surface area contributed by atoms with Crippen molar-refractivity contribution in [1.29, 1.82) is 0 Å². The number of aromatic nitrogens is 2. The highest BCUT2D eigenvalue weighted by molar-refractivity contribution is 6.06. The van der Waals surface area contributed by atoms with Gasteiger partial charge >= 0.3 is 6.03 Å². The van der Waals surface area contributed by atoms with Crippen LogP contribution in [0, 0.1) is 0 Å². The maximum atomic E-state index is 13.1. The van der Waals surface area contributed by atoms with E-state index in [9.17, 15) is 4.79 Å². The second-order valence-corrected chi connectivity index (χ2v) is 10.5. The lowest BCUT2D eigenvalue weighted by Gasteiger charge is -2.26. The molecule has 2 amide bonds. The summed E-state index contributed by atoms with van der Waals surface area (Å²) in [6.07, 6.45) is 0. The van der Waals surface area contributed by atoms with Crippen LogP contribution >= 0.6 is 0 Å². The minimum atomic E-state index is -0.333. The number of nitrogens with zero attached hydrogens (tertiary/aromatic N) is 3. The van der Waals surface area contributed by atoms with Gasteiger partial charge in [0.2, 0.25) is 0 Å². The largest absolute Gasteiger partial charge is 0.492 e. The fourth-order valence-electron chi connectivity index (χ4n) is 4.46. The molecule has 3 aromatic carbocycles. The van der Waals surface area contributed by atoms with Gasteiger partial charge < -0.3 is 14.8 Å². The van der Waals surface area contributed by atoms with Crippen molar-refractivity contribution in [1.82, 2.24) is 14.7 Å². The molecule has 4 aromatic rings. The Labute approximate surface area is 223 Å². The number of morpholine rings is 1. The predicted octanol–water partition coefficient (Wildman–Crippen LogP) is 5.68. The molecule has 38 heavy (non-hydrogen) atoms. The van der Waals surface area contributed by atoms with Gasteiger partial charge in [0.25, 0.3) is 0 Å². The molecule has 0 atom stereocenters. The van der Waals surface area contributed by atoms with E-state index in [1.807, 2.05) is 72.8 Å². The fourth-order valence-corrected chi connectivity index (χ4v) is 4.46. The second kappa shape index (κ2) is 11.2. The van der Waals surface area contributed by atoms with Crippen molar-refractivity contribution in [3.05, 3.63) is 78.5 Å². The highest BCUT2D eigenvalue weighted by Gasteiger charge is 2.22. The van der Waals surface area contributed by atoms with Crippen molar-refractivity contribution in [2.45, 2.75) is 26.2 Å². The van der Waals surface area contributed by atoms with Crippen LogP contribution in [0.5, 0.6) is 5.75 Å². The summed E-state index contributed by atoms with van der Waals surface area (Å²) < 4.78 is 13.2. The Morgan fingerprint density at radius 3 is 2.55 bits per heavy atom. The molecule has 1 saturated heterocycles. The summed E-state index contributed by atoms with van der Waals surface area (Å²) in [6, 6.07) is 23.2. The monoisotopic (exact) mass is 513 g/mol. The van der Waals surface area contributed by atoms with Crippen LogP contribution in [0.3, 0.4) is 0 Å². The zero-order valence-electron chi connectivity index (χ0n) is 22.2. The molecule has 0 bridgehead atoms. The third-order valence-electron chi connectivity index (χ3n) is 6.60. The van der Waals surface area contributed by atoms with Gasteiger partial charge in [0.15, 0.2) is 0 Å².